The van der Waals surface area contributed by atoms with Crippen LogP contribution in [0.4, 0.5) is 0 Å². The van der Waals surface area contributed by atoms with Crippen LogP contribution in [0.25, 0.3) is 0 Å². The van der Waals surface area contributed by atoms with Crippen molar-refractivity contribution in [3.63, 3.8) is 0 Å². The number of thiophene rings is 1. The molecule has 20 heavy (non-hydrogen) atoms. The van der Waals surface area contributed by atoms with Gasteiger partial charge in [-0.1, -0.05) is 41.4 Å². The summed E-state index contributed by atoms with van der Waals surface area (Å²) in [5.74, 6) is 1.26. The Morgan fingerprint density at radius 3 is 2.60 bits per heavy atom. The van der Waals surface area contributed by atoms with Crippen LogP contribution in [0.3, 0.4) is 0 Å². The van der Waals surface area contributed by atoms with Crippen LogP contribution in [-0.2, 0) is 0 Å². The summed E-state index contributed by atoms with van der Waals surface area (Å²) >= 11 is 11.0. The van der Waals surface area contributed by atoms with E-state index in [-0.39, 0.29) is 6.10 Å². The Bertz CT molecular complexity index is 585. The fourth-order valence-electron chi connectivity index (χ4n) is 1.95. The lowest BCUT2D eigenvalue weighted by atomic mass is 10.0. The predicted octanol–water partition coefficient (Wildman–Crippen LogP) is 5.37. The Morgan fingerprint density at radius 1 is 1.30 bits per heavy atom. The van der Waals surface area contributed by atoms with Gasteiger partial charge in [-0.3, -0.25) is 0 Å². The van der Waals surface area contributed by atoms with Crippen molar-refractivity contribution in [2.24, 2.45) is 5.73 Å². The second-order valence-electron chi connectivity index (χ2n) is 4.82. The molecule has 1 heterocycles. The third kappa shape index (κ3) is 3.76. The van der Waals surface area contributed by atoms with Crippen molar-refractivity contribution in [2.45, 2.75) is 25.9 Å². The average molecular weight is 375 g/mol. The Hall–Kier alpha value is -0.550. The quantitative estimate of drug-likeness (QED) is 0.764. The fourth-order valence-corrected chi connectivity index (χ4v) is 3.44. The molecule has 0 radical (unpaired) electrons. The van der Waals surface area contributed by atoms with E-state index in [9.17, 15) is 0 Å². The summed E-state index contributed by atoms with van der Waals surface area (Å²) in [7, 11) is 0. The summed E-state index contributed by atoms with van der Waals surface area (Å²) in [5, 5.41) is 0. The van der Waals surface area contributed by atoms with Gasteiger partial charge in [-0.25, -0.2) is 0 Å². The first-order valence-electron chi connectivity index (χ1n) is 6.42. The standard InChI is InChI=1S/C15H17BrClNOS/c1-9(2)11-7-10(16)3-4-12(11)19-13(8-18)14-5-6-15(17)20-14/h3-7,9,13H,8,18H2,1-2H3. The van der Waals surface area contributed by atoms with Crippen LogP contribution in [0.1, 0.15) is 36.3 Å². The minimum absolute atomic E-state index is 0.161. The van der Waals surface area contributed by atoms with Crippen LogP contribution in [0.2, 0.25) is 4.34 Å². The molecule has 0 aliphatic rings. The van der Waals surface area contributed by atoms with Crippen molar-refractivity contribution in [1.29, 1.82) is 0 Å². The minimum Gasteiger partial charge on any atom is -0.483 e. The molecule has 1 aromatic carbocycles. The van der Waals surface area contributed by atoms with Gasteiger partial charge in [0.05, 0.1) is 4.34 Å². The van der Waals surface area contributed by atoms with E-state index in [1.54, 1.807) is 0 Å². The molecule has 0 spiro atoms. The number of hydrogen-bond acceptors (Lipinski definition) is 3. The van der Waals surface area contributed by atoms with Gasteiger partial charge in [0.1, 0.15) is 11.9 Å². The highest BCUT2D eigenvalue weighted by Crippen LogP contribution is 2.34. The zero-order chi connectivity index (χ0) is 14.7. The highest BCUT2D eigenvalue weighted by atomic mass is 79.9. The summed E-state index contributed by atoms with van der Waals surface area (Å²) < 4.78 is 7.92. The number of rotatable bonds is 5. The summed E-state index contributed by atoms with van der Waals surface area (Å²) in [5.41, 5.74) is 7.01. The molecule has 0 aliphatic carbocycles. The lowest BCUT2D eigenvalue weighted by Gasteiger charge is -2.20. The maximum atomic E-state index is 6.12. The fraction of sp³-hybridized carbons (Fsp3) is 0.333. The Morgan fingerprint density at radius 2 is 2.05 bits per heavy atom. The van der Waals surface area contributed by atoms with Crippen LogP contribution in [0, 0.1) is 0 Å². The Balaban J connectivity index is 2.28. The lowest BCUT2D eigenvalue weighted by molar-refractivity contribution is 0.215. The minimum atomic E-state index is -0.161. The third-order valence-electron chi connectivity index (χ3n) is 2.99. The van der Waals surface area contributed by atoms with Gasteiger partial charge in [0.15, 0.2) is 0 Å². The average Bonchev–Trinajstić information content (AvgIpc) is 2.83. The van der Waals surface area contributed by atoms with Crippen molar-refractivity contribution in [3.8, 4) is 5.75 Å². The predicted molar refractivity (Wildman–Crippen MR) is 90.0 cm³/mol. The first-order chi connectivity index (χ1) is 9.51. The molecule has 2 rings (SSSR count). The maximum Gasteiger partial charge on any atom is 0.145 e. The molecular formula is C15H17BrClNOS. The second kappa shape index (κ2) is 6.94. The van der Waals surface area contributed by atoms with Gasteiger partial charge in [0.2, 0.25) is 0 Å². The molecule has 1 atom stereocenters. The molecule has 5 heteroatoms. The van der Waals surface area contributed by atoms with Crippen molar-refractivity contribution >= 4 is 38.9 Å². The lowest BCUT2D eigenvalue weighted by Crippen LogP contribution is -2.18. The first kappa shape index (κ1) is 15.8. The van der Waals surface area contributed by atoms with Gasteiger partial charge >= 0.3 is 0 Å². The van der Waals surface area contributed by atoms with Crippen LogP contribution >= 0.6 is 38.9 Å². The molecule has 2 aromatic rings. The van der Waals surface area contributed by atoms with Gasteiger partial charge in [-0.15, -0.1) is 11.3 Å². The molecule has 2 nitrogen and oxygen atoms in total. The van der Waals surface area contributed by atoms with Crippen LogP contribution in [-0.4, -0.2) is 6.54 Å². The van der Waals surface area contributed by atoms with E-state index < -0.39 is 0 Å². The van der Waals surface area contributed by atoms with E-state index in [1.807, 2.05) is 24.3 Å². The van der Waals surface area contributed by atoms with E-state index in [0.717, 1.165) is 19.4 Å². The SMILES string of the molecule is CC(C)c1cc(Br)ccc1OC(CN)c1ccc(Cl)s1. The highest BCUT2D eigenvalue weighted by Gasteiger charge is 2.17. The van der Waals surface area contributed by atoms with E-state index >= 15 is 0 Å². The maximum absolute atomic E-state index is 6.12. The molecule has 108 valence electrons. The van der Waals surface area contributed by atoms with E-state index in [4.69, 9.17) is 22.1 Å². The molecule has 0 saturated heterocycles. The number of ether oxygens (including phenoxy) is 1. The summed E-state index contributed by atoms with van der Waals surface area (Å²) in [4.78, 5) is 1.05. The molecule has 2 N–H and O–H groups in total. The van der Waals surface area contributed by atoms with Crippen molar-refractivity contribution in [3.05, 3.63) is 49.6 Å². The van der Waals surface area contributed by atoms with Crippen molar-refractivity contribution in [2.75, 3.05) is 6.54 Å². The molecule has 0 saturated carbocycles. The smallest absolute Gasteiger partial charge is 0.145 e. The molecule has 0 fully saturated rings. The summed E-state index contributed by atoms with van der Waals surface area (Å²) in [6.45, 7) is 4.71. The normalized spacial score (nSPS) is 12.7. The number of halogens is 2. The number of benzene rings is 1. The second-order valence-corrected chi connectivity index (χ2v) is 7.48. The molecular weight excluding hydrogens is 358 g/mol. The van der Waals surface area contributed by atoms with Crippen molar-refractivity contribution in [1.82, 2.24) is 0 Å². The van der Waals surface area contributed by atoms with Gasteiger partial charge in [0, 0.05) is 15.9 Å². The molecule has 0 amide bonds. The number of hydrogen-bond donors (Lipinski definition) is 1. The third-order valence-corrected chi connectivity index (χ3v) is 4.80. The van der Waals surface area contributed by atoms with Gasteiger partial charge in [0.25, 0.3) is 0 Å². The van der Waals surface area contributed by atoms with Gasteiger partial charge in [-0.2, -0.15) is 0 Å². The molecule has 1 aromatic heterocycles. The van der Waals surface area contributed by atoms with E-state index in [0.29, 0.717) is 12.5 Å². The molecule has 1 unspecified atom stereocenters. The van der Waals surface area contributed by atoms with Crippen LogP contribution < -0.4 is 10.5 Å². The largest absolute Gasteiger partial charge is 0.483 e. The zero-order valence-corrected chi connectivity index (χ0v) is 14.6. The van der Waals surface area contributed by atoms with Crippen LogP contribution in [0.15, 0.2) is 34.8 Å². The number of nitrogens with two attached hydrogens (primary N) is 1. The molecule has 0 bridgehead atoms. The highest BCUT2D eigenvalue weighted by molar-refractivity contribution is 9.10. The van der Waals surface area contributed by atoms with Crippen molar-refractivity contribution < 1.29 is 4.74 Å². The topological polar surface area (TPSA) is 35.2 Å². The molecule has 0 aliphatic heterocycles. The first-order valence-corrected chi connectivity index (χ1v) is 8.41. The van der Waals surface area contributed by atoms with Crippen LogP contribution in [0.5, 0.6) is 5.75 Å². The zero-order valence-electron chi connectivity index (χ0n) is 11.4. The summed E-state index contributed by atoms with van der Waals surface area (Å²) in [6, 6.07) is 9.90. The monoisotopic (exact) mass is 373 g/mol. The van der Waals surface area contributed by atoms with Gasteiger partial charge < -0.3 is 10.5 Å². The van der Waals surface area contributed by atoms with E-state index in [1.165, 1.54) is 16.9 Å². The van der Waals surface area contributed by atoms with Gasteiger partial charge in [-0.05, 0) is 41.8 Å². The Kier molecular flexibility index (Phi) is 5.49. The summed E-state index contributed by atoms with van der Waals surface area (Å²) in [6.07, 6.45) is -0.161. The van der Waals surface area contributed by atoms with E-state index in [2.05, 4.69) is 35.8 Å². The Labute approximate surface area is 137 Å².